The standard InChI is InChI=1S/C50H30O/c1-2-17-36-34(12-1)30-45(38-19-4-3-18-37(36)38)50-41-22-7-5-20-39(41)48(40-21-6-8-23-42(40)50)35-16-9-15-32(28-35)33-26-27-46-44(29-33)43-24-10-13-31-14-11-25-47(51-46)49(31)43/h1-30H. The zero-order valence-electron chi connectivity index (χ0n) is 27.7. The van der Waals surface area contributed by atoms with E-state index in [1.54, 1.807) is 0 Å². The molecule has 0 N–H and O–H groups in total. The molecule has 0 saturated heterocycles. The molecule has 0 saturated carbocycles. The minimum Gasteiger partial charge on any atom is -0.456 e. The molecule has 0 unspecified atom stereocenters. The Morgan fingerprint density at radius 2 is 0.843 bits per heavy atom. The van der Waals surface area contributed by atoms with Crippen LogP contribution in [0.15, 0.2) is 182 Å². The van der Waals surface area contributed by atoms with Crippen LogP contribution in [0.3, 0.4) is 0 Å². The van der Waals surface area contributed by atoms with Crippen molar-refractivity contribution in [3.05, 3.63) is 182 Å². The van der Waals surface area contributed by atoms with Gasteiger partial charge in [-0.1, -0.05) is 152 Å². The molecule has 236 valence electrons. The molecule has 0 atom stereocenters. The lowest BCUT2D eigenvalue weighted by atomic mass is 9.83. The highest BCUT2D eigenvalue weighted by Gasteiger charge is 2.22. The maximum Gasteiger partial charge on any atom is 0.135 e. The van der Waals surface area contributed by atoms with E-state index in [4.69, 9.17) is 4.74 Å². The van der Waals surface area contributed by atoms with Gasteiger partial charge in [0.1, 0.15) is 11.5 Å². The number of benzene rings is 10. The summed E-state index contributed by atoms with van der Waals surface area (Å²) in [4.78, 5) is 0. The first-order valence-electron chi connectivity index (χ1n) is 17.6. The number of ether oxygens (including phenoxy) is 1. The highest BCUT2D eigenvalue weighted by molar-refractivity contribution is 6.25. The number of hydrogen-bond acceptors (Lipinski definition) is 1. The molecule has 0 fully saturated rings. The van der Waals surface area contributed by atoms with Crippen LogP contribution in [0.1, 0.15) is 0 Å². The van der Waals surface area contributed by atoms with Crippen molar-refractivity contribution in [3.8, 4) is 56.0 Å². The highest BCUT2D eigenvalue weighted by Crippen LogP contribution is 2.49. The molecule has 0 aromatic heterocycles. The lowest BCUT2D eigenvalue weighted by Gasteiger charge is -2.22. The molecular weight excluding hydrogens is 617 g/mol. The lowest BCUT2D eigenvalue weighted by molar-refractivity contribution is 0.487. The Morgan fingerprint density at radius 1 is 0.275 bits per heavy atom. The average molecular weight is 647 g/mol. The third-order valence-electron chi connectivity index (χ3n) is 10.8. The van der Waals surface area contributed by atoms with E-state index in [0.29, 0.717) is 0 Å². The van der Waals surface area contributed by atoms with Crippen molar-refractivity contribution in [1.29, 1.82) is 0 Å². The van der Waals surface area contributed by atoms with E-state index in [9.17, 15) is 0 Å². The average Bonchev–Trinajstić information content (AvgIpc) is 3.20. The Balaban J connectivity index is 1.14. The minimum absolute atomic E-state index is 0.898. The summed E-state index contributed by atoms with van der Waals surface area (Å²) >= 11 is 0. The quantitative estimate of drug-likeness (QED) is 0.137. The summed E-state index contributed by atoms with van der Waals surface area (Å²) in [5.74, 6) is 1.82. The second kappa shape index (κ2) is 10.9. The Morgan fingerprint density at radius 3 is 1.61 bits per heavy atom. The molecule has 1 aliphatic heterocycles. The lowest BCUT2D eigenvalue weighted by Crippen LogP contribution is -1.97. The SMILES string of the molecule is c1cc(-c2ccc3c(c2)-c2cccc4cccc(c24)O3)cc(-c2c3ccccc3c(-c3cc4ccccc4c4ccccc34)c3ccccc23)c1. The molecule has 0 aliphatic carbocycles. The van der Waals surface area contributed by atoms with Gasteiger partial charge in [0.05, 0.1) is 0 Å². The largest absolute Gasteiger partial charge is 0.456 e. The van der Waals surface area contributed by atoms with Gasteiger partial charge in [0.25, 0.3) is 0 Å². The Labute approximate surface area is 295 Å². The molecule has 1 aliphatic rings. The van der Waals surface area contributed by atoms with Gasteiger partial charge in [0.2, 0.25) is 0 Å². The van der Waals surface area contributed by atoms with Gasteiger partial charge in [-0.3, -0.25) is 0 Å². The van der Waals surface area contributed by atoms with Crippen LogP contribution in [0.4, 0.5) is 0 Å². The van der Waals surface area contributed by atoms with Crippen molar-refractivity contribution in [2.45, 2.75) is 0 Å². The maximum absolute atomic E-state index is 6.43. The molecular formula is C50H30O. The van der Waals surface area contributed by atoms with Crippen LogP contribution in [0, 0.1) is 0 Å². The van der Waals surface area contributed by atoms with Crippen LogP contribution in [-0.4, -0.2) is 0 Å². The van der Waals surface area contributed by atoms with E-state index in [1.165, 1.54) is 92.8 Å². The van der Waals surface area contributed by atoms with Crippen molar-refractivity contribution in [2.24, 2.45) is 0 Å². The fraction of sp³-hybridized carbons (Fsp3) is 0. The van der Waals surface area contributed by atoms with E-state index in [-0.39, 0.29) is 0 Å². The molecule has 0 radical (unpaired) electrons. The van der Waals surface area contributed by atoms with E-state index >= 15 is 0 Å². The molecule has 1 heterocycles. The third kappa shape index (κ3) is 4.22. The van der Waals surface area contributed by atoms with E-state index < -0.39 is 0 Å². The molecule has 11 rings (SSSR count). The predicted octanol–water partition coefficient (Wildman–Crippen LogP) is 14.2. The smallest absolute Gasteiger partial charge is 0.135 e. The van der Waals surface area contributed by atoms with Gasteiger partial charge >= 0.3 is 0 Å². The van der Waals surface area contributed by atoms with Crippen LogP contribution >= 0.6 is 0 Å². The number of hydrogen-bond donors (Lipinski definition) is 0. The molecule has 0 amide bonds. The topological polar surface area (TPSA) is 9.23 Å². The Kier molecular flexibility index (Phi) is 6.02. The van der Waals surface area contributed by atoms with Gasteiger partial charge in [-0.15, -0.1) is 0 Å². The van der Waals surface area contributed by atoms with Crippen molar-refractivity contribution >= 4 is 53.9 Å². The van der Waals surface area contributed by atoms with Crippen molar-refractivity contribution < 1.29 is 4.74 Å². The number of rotatable bonds is 3. The molecule has 10 aromatic rings. The number of fused-ring (bicyclic) bond motifs is 7. The van der Waals surface area contributed by atoms with Crippen molar-refractivity contribution in [2.75, 3.05) is 0 Å². The van der Waals surface area contributed by atoms with Crippen LogP contribution in [0.25, 0.3) is 98.4 Å². The predicted molar refractivity (Wildman–Crippen MR) is 216 cm³/mol. The zero-order valence-corrected chi connectivity index (χ0v) is 27.7. The molecule has 1 heteroatoms. The summed E-state index contributed by atoms with van der Waals surface area (Å²) in [6.07, 6.45) is 0. The summed E-state index contributed by atoms with van der Waals surface area (Å²) in [5, 5.41) is 12.5. The first kappa shape index (κ1) is 28.2. The molecule has 51 heavy (non-hydrogen) atoms. The Bertz CT molecular complexity index is 3000. The van der Waals surface area contributed by atoms with E-state index in [1.807, 2.05) is 0 Å². The van der Waals surface area contributed by atoms with Crippen LogP contribution < -0.4 is 4.74 Å². The third-order valence-corrected chi connectivity index (χ3v) is 10.8. The van der Waals surface area contributed by atoms with Crippen molar-refractivity contribution in [1.82, 2.24) is 0 Å². The molecule has 10 aromatic carbocycles. The highest BCUT2D eigenvalue weighted by atomic mass is 16.5. The van der Waals surface area contributed by atoms with Crippen LogP contribution in [0.2, 0.25) is 0 Å². The van der Waals surface area contributed by atoms with E-state index in [2.05, 4.69) is 182 Å². The monoisotopic (exact) mass is 646 g/mol. The van der Waals surface area contributed by atoms with Crippen molar-refractivity contribution in [3.63, 3.8) is 0 Å². The summed E-state index contributed by atoms with van der Waals surface area (Å²) in [6.45, 7) is 0. The van der Waals surface area contributed by atoms with Gasteiger partial charge in [0, 0.05) is 10.9 Å². The maximum atomic E-state index is 6.43. The summed E-state index contributed by atoms with van der Waals surface area (Å²) in [6, 6.07) is 66.4. The Hall–Kier alpha value is -6.70. The van der Waals surface area contributed by atoms with Gasteiger partial charge in [-0.2, -0.15) is 0 Å². The van der Waals surface area contributed by atoms with Crippen LogP contribution in [-0.2, 0) is 0 Å². The minimum atomic E-state index is 0.898. The second-order valence-corrected chi connectivity index (χ2v) is 13.6. The summed E-state index contributed by atoms with van der Waals surface area (Å²) < 4.78 is 6.43. The van der Waals surface area contributed by atoms with Gasteiger partial charge in [0.15, 0.2) is 0 Å². The van der Waals surface area contributed by atoms with E-state index in [0.717, 1.165) is 17.1 Å². The molecule has 1 nitrogen and oxygen atoms in total. The summed E-state index contributed by atoms with van der Waals surface area (Å²) in [5.41, 5.74) is 9.72. The summed E-state index contributed by atoms with van der Waals surface area (Å²) in [7, 11) is 0. The van der Waals surface area contributed by atoms with Gasteiger partial charge in [-0.25, -0.2) is 0 Å². The molecule has 0 spiro atoms. The van der Waals surface area contributed by atoms with Gasteiger partial charge < -0.3 is 4.74 Å². The normalized spacial score (nSPS) is 12.1. The zero-order chi connectivity index (χ0) is 33.5. The molecule has 0 bridgehead atoms. The first-order valence-corrected chi connectivity index (χ1v) is 17.6. The fourth-order valence-corrected chi connectivity index (χ4v) is 8.59. The fourth-order valence-electron chi connectivity index (χ4n) is 8.59. The second-order valence-electron chi connectivity index (χ2n) is 13.6. The van der Waals surface area contributed by atoms with Crippen LogP contribution in [0.5, 0.6) is 11.5 Å². The van der Waals surface area contributed by atoms with Gasteiger partial charge in [-0.05, 0) is 118 Å². The first-order chi connectivity index (χ1) is 25.3.